The Kier molecular flexibility index (Phi) is 3.03. The number of rotatable bonds is 1. The Hall–Kier alpha value is -1.45. The Morgan fingerprint density at radius 1 is 1.37 bits per heavy atom. The van der Waals surface area contributed by atoms with E-state index in [0.29, 0.717) is 15.9 Å². The fraction of sp³-hybridized carbons (Fsp3) is 0.214. The average molecular weight is 295 g/mol. The van der Waals surface area contributed by atoms with E-state index < -0.39 is 0 Å². The third kappa shape index (κ3) is 2.03. The number of hydrogen-bond acceptors (Lipinski definition) is 1. The lowest BCUT2D eigenvalue weighted by atomic mass is 10.1. The van der Waals surface area contributed by atoms with E-state index >= 15 is 0 Å². The molecule has 3 nitrogen and oxygen atoms in total. The van der Waals surface area contributed by atoms with E-state index in [-0.39, 0.29) is 11.9 Å². The summed E-state index contributed by atoms with van der Waals surface area (Å²) in [6.45, 7) is 2.03. The topological polar surface area (TPSA) is 36.1 Å². The molecule has 1 N–H and O–H groups in total. The number of hydrogen-bond donors (Lipinski definition) is 1. The molecule has 19 heavy (non-hydrogen) atoms. The van der Waals surface area contributed by atoms with Crippen LogP contribution in [0.1, 0.15) is 23.0 Å². The number of nitrogens with zero attached hydrogens (tertiary/aromatic N) is 1. The van der Waals surface area contributed by atoms with Crippen molar-refractivity contribution < 1.29 is 4.79 Å². The van der Waals surface area contributed by atoms with Crippen LogP contribution in [0.25, 0.3) is 0 Å². The highest BCUT2D eigenvalue weighted by Crippen LogP contribution is 2.33. The molecule has 0 bridgehead atoms. The summed E-state index contributed by atoms with van der Waals surface area (Å²) < 4.78 is 0. The number of halogens is 2. The first-order chi connectivity index (χ1) is 9.08. The molecule has 1 aromatic carbocycles. The number of para-hydroxylation sites is 1. The summed E-state index contributed by atoms with van der Waals surface area (Å²) in [6, 6.07) is 9.63. The minimum Gasteiger partial charge on any atom is -0.340 e. The lowest BCUT2D eigenvalue weighted by Crippen LogP contribution is -2.35. The normalized spacial score (nSPS) is 17.6. The molecule has 0 saturated carbocycles. The number of H-pyrrole nitrogens is 1. The predicted octanol–water partition coefficient (Wildman–Crippen LogP) is 3.91. The van der Waals surface area contributed by atoms with Gasteiger partial charge >= 0.3 is 0 Å². The summed E-state index contributed by atoms with van der Waals surface area (Å²) >= 11 is 11.7. The van der Waals surface area contributed by atoms with Gasteiger partial charge in [-0.2, -0.15) is 0 Å². The van der Waals surface area contributed by atoms with Gasteiger partial charge in [0.2, 0.25) is 0 Å². The zero-order chi connectivity index (χ0) is 13.6. The van der Waals surface area contributed by atoms with Crippen molar-refractivity contribution in [3.8, 4) is 0 Å². The number of carbonyl (C=O) groups excluding carboxylic acids is 1. The molecule has 0 saturated heterocycles. The van der Waals surface area contributed by atoms with Crippen LogP contribution in [0.2, 0.25) is 10.2 Å². The molecule has 0 aliphatic carbocycles. The largest absolute Gasteiger partial charge is 0.340 e. The van der Waals surface area contributed by atoms with Gasteiger partial charge in [0, 0.05) is 11.7 Å². The van der Waals surface area contributed by atoms with E-state index in [4.69, 9.17) is 23.2 Å². The van der Waals surface area contributed by atoms with E-state index in [1.165, 1.54) is 5.56 Å². The fourth-order valence-corrected chi connectivity index (χ4v) is 2.84. The quantitative estimate of drug-likeness (QED) is 0.850. The Morgan fingerprint density at radius 3 is 2.79 bits per heavy atom. The number of carbonyl (C=O) groups is 1. The molecule has 1 unspecified atom stereocenters. The molecule has 3 rings (SSSR count). The van der Waals surface area contributed by atoms with Crippen molar-refractivity contribution in [2.24, 2.45) is 0 Å². The van der Waals surface area contributed by atoms with E-state index in [9.17, 15) is 4.79 Å². The maximum Gasteiger partial charge on any atom is 0.275 e. The van der Waals surface area contributed by atoms with Gasteiger partial charge in [-0.3, -0.25) is 4.79 Å². The Balaban J connectivity index is 2.00. The molecule has 0 spiro atoms. The van der Waals surface area contributed by atoms with E-state index in [0.717, 1.165) is 12.1 Å². The standard InChI is InChI=1S/C14H12Cl2N2O/c1-8-6-9-4-2-3-5-12(9)18(8)14(19)11-7-10(15)13(16)17-11/h2-5,7-8,17H,6H2,1H3. The minimum atomic E-state index is -0.105. The molecule has 1 aliphatic heterocycles. The van der Waals surface area contributed by atoms with Gasteiger partial charge in [-0.25, -0.2) is 0 Å². The highest BCUT2D eigenvalue weighted by atomic mass is 35.5. The van der Waals surface area contributed by atoms with Gasteiger partial charge in [0.25, 0.3) is 5.91 Å². The zero-order valence-corrected chi connectivity index (χ0v) is 11.8. The van der Waals surface area contributed by atoms with Gasteiger partial charge in [0.1, 0.15) is 10.8 Å². The number of amides is 1. The Labute approximate surface area is 121 Å². The maximum atomic E-state index is 12.6. The van der Waals surface area contributed by atoms with E-state index in [1.54, 1.807) is 11.0 Å². The van der Waals surface area contributed by atoms with Crippen LogP contribution in [0.5, 0.6) is 0 Å². The van der Waals surface area contributed by atoms with Gasteiger partial charge in [-0.05, 0) is 31.0 Å². The highest BCUT2D eigenvalue weighted by Gasteiger charge is 2.32. The maximum absolute atomic E-state index is 12.6. The third-order valence-electron chi connectivity index (χ3n) is 3.38. The van der Waals surface area contributed by atoms with Crippen LogP contribution in [0.3, 0.4) is 0 Å². The van der Waals surface area contributed by atoms with Gasteiger partial charge in [-0.15, -0.1) is 0 Å². The number of benzene rings is 1. The molecule has 0 fully saturated rings. The van der Waals surface area contributed by atoms with Gasteiger partial charge in [0.05, 0.1) is 5.02 Å². The molecule has 98 valence electrons. The highest BCUT2D eigenvalue weighted by molar-refractivity contribution is 6.41. The molecule has 1 amide bonds. The van der Waals surface area contributed by atoms with Gasteiger partial charge < -0.3 is 9.88 Å². The SMILES string of the molecule is CC1Cc2ccccc2N1C(=O)c1cc(Cl)c(Cl)[nH]1. The summed E-state index contributed by atoms with van der Waals surface area (Å²) in [5, 5.41) is 0.662. The molecule has 2 aromatic rings. The first kappa shape index (κ1) is 12.6. The number of nitrogens with one attached hydrogen (secondary N) is 1. The van der Waals surface area contributed by atoms with Crippen LogP contribution in [-0.4, -0.2) is 16.9 Å². The Bertz CT molecular complexity index is 631. The lowest BCUT2D eigenvalue weighted by Gasteiger charge is -2.22. The average Bonchev–Trinajstić information content (AvgIpc) is 2.89. The zero-order valence-electron chi connectivity index (χ0n) is 10.3. The summed E-state index contributed by atoms with van der Waals surface area (Å²) in [5.74, 6) is -0.105. The minimum absolute atomic E-state index is 0.105. The van der Waals surface area contributed by atoms with Crippen molar-refractivity contribution in [2.45, 2.75) is 19.4 Å². The molecule has 5 heteroatoms. The summed E-state index contributed by atoms with van der Waals surface area (Å²) in [7, 11) is 0. The summed E-state index contributed by atoms with van der Waals surface area (Å²) in [4.78, 5) is 17.2. The molecule has 1 atom stereocenters. The van der Waals surface area contributed by atoms with E-state index in [2.05, 4.69) is 4.98 Å². The summed E-state index contributed by atoms with van der Waals surface area (Å²) in [5.41, 5.74) is 2.56. The number of aromatic nitrogens is 1. The Morgan fingerprint density at radius 2 is 2.11 bits per heavy atom. The molecular formula is C14H12Cl2N2O. The van der Waals surface area contributed by atoms with Crippen molar-refractivity contribution in [1.29, 1.82) is 0 Å². The van der Waals surface area contributed by atoms with Crippen LogP contribution in [0, 0.1) is 0 Å². The van der Waals surface area contributed by atoms with Crippen molar-refractivity contribution >= 4 is 34.8 Å². The smallest absolute Gasteiger partial charge is 0.275 e. The number of aromatic amines is 1. The second-order valence-corrected chi connectivity index (χ2v) is 5.49. The first-order valence-electron chi connectivity index (χ1n) is 6.03. The van der Waals surface area contributed by atoms with Crippen LogP contribution < -0.4 is 4.90 Å². The molecule has 1 aromatic heterocycles. The van der Waals surface area contributed by atoms with E-state index in [1.807, 2.05) is 31.2 Å². The second-order valence-electron chi connectivity index (χ2n) is 4.70. The van der Waals surface area contributed by atoms with Crippen LogP contribution in [-0.2, 0) is 6.42 Å². The van der Waals surface area contributed by atoms with Gasteiger partial charge in [-0.1, -0.05) is 41.4 Å². The monoisotopic (exact) mass is 294 g/mol. The lowest BCUT2D eigenvalue weighted by molar-refractivity contribution is 0.0977. The second kappa shape index (κ2) is 4.58. The molecule has 2 heterocycles. The van der Waals surface area contributed by atoms with Crippen molar-refractivity contribution in [3.05, 3.63) is 51.8 Å². The molecule has 1 aliphatic rings. The van der Waals surface area contributed by atoms with Crippen LogP contribution in [0.15, 0.2) is 30.3 Å². The predicted molar refractivity (Wildman–Crippen MR) is 77.2 cm³/mol. The van der Waals surface area contributed by atoms with Crippen LogP contribution in [0.4, 0.5) is 5.69 Å². The fourth-order valence-electron chi connectivity index (χ4n) is 2.52. The van der Waals surface area contributed by atoms with Crippen molar-refractivity contribution in [1.82, 2.24) is 4.98 Å². The number of fused-ring (bicyclic) bond motifs is 1. The summed E-state index contributed by atoms with van der Waals surface area (Å²) in [6.07, 6.45) is 0.865. The molecule has 0 radical (unpaired) electrons. The first-order valence-corrected chi connectivity index (χ1v) is 6.79. The molecular weight excluding hydrogens is 283 g/mol. The number of anilines is 1. The van der Waals surface area contributed by atoms with Crippen molar-refractivity contribution in [3.63, 3.8) is 0 Å². The van der Waals surface area contributed by atoms with Crippen LogP contribution >= 0.6 is 23.2 Å². The van der Waals surface area contributed by atoms with Gasteiger partial charge in [0.15, 0.2) is 0 Å². The van der Waals surface area contributed by atoms with Crippen molar-refractivity contribution in [2.75, 3.05) is 4.90 Å². The third-order valence-corrected chi connectivity index (χ3v) is 4.07.